The average Bonchev–Trinajstić information content (AvgIpc) is 2.75. The van der Waals surface area contributed by atoms with Crippen LogP contribution in [0.5, 0.6) is 5.75 Å². The topological polar surface area (TPSA) is 53.1 Å². The van der Waals surface area contributed by atoms with Crippen molar-refractivity contribution in [2.24, 2.45) is 12.8 Å². The first-order valence-electron chi connectivity index (χ1n) is 6.72. The van der Waals surface area contributed by atoms with Gasteiger partial charge in [-0.05, 0) is 26.0 Å². The Bertz CT molecular complexity index is 568. The summed E-state index contributed by atoms with van der Waals surface area (Å²) in [6.07, 6.45) is 0. The Morgan fingerprint density at radius 2 is 2.15 bits per heavy atom. The van der Waals surface area contributed by atoms with Crippen LogP contribution in [0.4, 0.5) is 0 Å². The molecular formula is C15H21N3OS. The van der Waals surface area contributed by atoms with Gasteiger partial charge in [-0.1, -0.05) is 18.2 Å². The van der Waals surface area contributed by atoms with Gasteiger partial charge in [-0.25, -0.2) is 0 Å². The minimum atomic E-state index is -0.0574. The van der Waals surface area contributed by atoms with E-state index in [0.717, 1.165) is 27.8 Å². The molecule has 0 saturated heterocycles. The molecule has 0 amide bonds. The molecule has 1 heterocycles. The van der Waals surface area contributed by atoms with Gasteiger partial charge in [0.25, 0.3) is 0 Å². The summed E-state index contributed by atoms with van der Waals surface area (Å²) < 4.78 is 7.52. The summed E-state index contributed by atoms with van der Waals surface area (Å²) in [6, 6.07) is 9.99. The second-order valence-corrected chi connectivity index (χ2v) is 5.68. The molecule has 5 heteroatoms. The highest BCUT2D eigenvalue weighted by Gasteiger charge is 2.13. The lowest BCUT2D eigenvalue weighted by Crippen LogP contribution is -2.14. The van der Waals surface area contributed by atoms with Gasteiger partial charge in [-0.3, -0.25) is 4.68 Å². The third kappa shape index (κ3) is 3.55. The Balaban J connectivity index is 2.05. The van der Waals surface area contributed by atoms with E-state index < -0.39 is 0 Å². The van der Waals surface area contributed by atoms with Crippen LogP contribution in [0.15, 0.2) is 35.4 Å². The van der Waals surface area contributed by atoms with E-state index in [9.17, 15) is 0 Å². The van der Waals surface area contributed by atoms with E-state index in [1.807, 2.05) is 49.8 Å². The Morgan fingerprint density at radius 1 is 1.40 bits per heavy atom. The molecule has 2 rings (SSSR count). The molecule has 20 heavy (non-hydrogen) atoms. The molecule has 0 bridgehead atoms. The fourth-order valence-electron chi connectivity index (χ4n) is 2.06. The van der Waals surface area contributed by atoms with Gasteiger partial charge < -0.3 is 10.5 Å². The van der Waals surface area contributed by atoms with Crippen molar-refractivity contribution in [2.75, 3.05) is 12.4 Å². The second-order valence-electron chi connectivity index (χ2n) is 4.64. The van der Waals surface area contributed by atoms with Gasteiger partial charge in [-0.15, -0.1) is 11.8 Å². The first-order chi connectivity index (χ1) is 9.61. The number of para-hydroxylation sites is 1. The van der Waals surface area contributed by atoms with Crippen LogP contribution in [0, 0.1) is 6.92 Å². The van der Waals surface area contributed by atoms with Crippen molar-refractivity contribution in [3.63, 3.8) is 0 Å². The lowest BCUT2D eigenvalue weighted by Gasteiger charge is -2.16. The zero-order valence-corrected chi connectivity index (χ0v) is 13.0. The smallest absolute Gasteiger partial charge is 0.124 e. The SMILES string of the molecule is CCOc1ccccc1C(N)CSc1cc(C)nn1C. The summed E-state index contributed by atoms with van der Waals surface area (Å²) in [5.74, 6) is 1.67. The molecule has 108 valence electrons. The Morgan fingerprint density at radius 3 is 2.80 bits per heavy atom. The number of aromatic nitrogens is 2. The standard InChI is InChI=1S/C15H21N3OS/c1-4-19-14-8-6-5-7-12(14)13(16)10-20-15-9-11(2)17-18(15)3/h5-9,13H,4,10,16H2,1-3H3. The molecule has 0 saturated carbocycles. The molecule has 1 aromatic carbocycles. The van der Waals surface area contributed by atoms with Crippen molar-refractivity contribution in [1.82, 2.24) is 9.78 Å². The van der Waals surface area contributed by atoms with E-state index in [0.29, 0.717) is 6.61 Å². The second kappa shape index (κ2) is 6.81. The first kappa shape index (κ1) is 14.9. The molecule has 0 radical (unpaired) electrons. The van der Waals surface area contributed by atoms with Gasteiger partial charge >= 0.3 is 0 Å². The summed E-state index contributed by atoms with van der Waals surface area (Å²) in [4.78, 5) is 0. The number of thioether (sulfide) groups is 1. The van der Waals surface area contributed by atoms with E-state index >= 15 is 0 Å². The molecule has 2 N–H and O–H groups in total. The van der Waals surface area contributed by atoms with E-state index in [1.165, 1.54) is 0 Å². The fraction of sp³-hybridized carbons (Fsp3) is 0.400. The van der Waals surface area contributed by atoms with Crippen molar-refractivity contribution in [3.05, 3.63) is 41.6 Å². The lowest BCUT2D eigenvalue weighted by molar-refractivity contribution is 0.335. The van der Waals surface area contributed by atoms with Crippen molar-refractivity contribution in [3.8, 4) is 5.75 Å². The van der Waals surface area contributed by atoms with Gasteiger partial charge in [0.05, 0.1) is 17.3 Å². The number of benzene rings is 1. The normalized spacial score (nSPS) is 12.4. The third-order valence-electron chi connectivity index (χ3n) is 2.99. The highest BCUT2D eigenvalue weighted by molar-refractivity contribution is 7.99. The first-order valence-corrected chi connectivity index (χ1v) is 7.71. The molecule has 0 spiro atoms. The minimum Gasteiger partial charge on any atom is -0.494 e. The van der Waals surface area contributed by atoms with Crippen LogP contribution in [0.25, 0.3) is 0 Å². The van der Waals surface area contributed by atoms with Crippen LogP contribution in [0.2, 0.25) is 0 Å². The van der Waals surface area contributed by atoms with E-state index in [2.05, 4.69) is 11.2 Å². The number of nitrogens with zero attached hydrogens (tertiary/aromatic N) is 2. The largest absolute Gasteiger partial charge is 0.494 e. The fourth-order valence-corrected chi connectivity index (χ4v) is 3.07. The van der Waals surface area contributed by atoms with Gasteiger partial charge in [0.1, 0.15) is 5.75 Å². The van der Waals surface area contributed by atoms with Crippen molar-refractivity contribution in [2.45, 2.75) is 24.9 Å². The molecule has 4 nitrogen and oxygen atoms in total. The van der Waals surface area contributed by atoms with Crippen LogP contribution in [0.1, 0.15) is 24.2 Å². The van der Waals surface area contributed by atoms with E-state index in [4.69, 9.17) is 10.5 Å². The van der Waals surface area contributed by atoms with Crippen molar-refractivity contribution in [1.29, 1.82) is 0 Å². The average molecular weight is 291 g/mol. The zero-order valence-electron chi connectivity index (χ0n) is 12.2. The predicted molar refractivity (Wildman–Crippen MR) is 83.2 cm³/mol. The Labute approximate surface area is 124 Å². The highest BCUT2D eigenvalue weighted by atomic mass is 32.2. The minimum absolute atomic E-state index is 0.0574. The highest BCUT2D eigenvalue weighted by Crippen LogP contribution is 2.28. The van der Waals surface area contributed by atoms with Gasteiger partial charge in [-0.2, -0.15) is 5.10 Å². The van der Waals surface area contributed by atoms with Crippen molar-refractivity contribution >= 4 is 11.8 Å². The monoisotopic (exact) mass is 291 g/mol. The maximum absolute atomic E-state index is 6.30. The summed E-state index contributed by atoms with van der Waals surface area (Å²) >= 11 is 1.72. The number of aryl methyl sites for hydroxylation is 2. The molecule has 2 aromatic rings. The molecular weight excluding hydrogens is 270 g/mol. The Hall–Kier alpha value is -1.46. The van der Waals surface area contributed by atoms with Gasteiger partial charge in [0.15, 0.2) is 0 Å². The number of hydrogen-bond acceptors (Lipinski definition) is 4. The number of hydrogen-bond donors (Lipinski definition) is 1. The zero-order chi connectivity index (χ0) is 14.5. The predicted octanol–water partition coefficient (Wildman–Crippen LogP) is 2.92. The van der Waals surface area contributed by atoms with Crippen molar-refractivity contribution < 1.29 is 4.74 Å². The summed E-state index contributed by atoms with van der Waals surface area (Å²) in [5, 5.41) is 5.47. The summed E-state index contributed by atoms with van der Waals surface area (Å²) in [6.45, 7) is 4.63. The lowest BCUT2D eigenvalue weighted by atomic mass is 10.1. The van der Waals surface area contributed by atoms with Crippen LogP contribution in [-0.4, -0.2) is 22.1 Å². The summed E-state index contributed by atoms with van der Waals surface area (Å²) in [7, 11) is 1.95. The van der Waals surface area contributed by atoms with E-state index in [-0.39, 0.29) is 6.04 Å². The third-order valence-corrected chi connectivity index (χ3v) is 4.19. The molecule has 1 atom stereocenters. The van der Waals surface area contributed by atoms with Gasteiger partial charge in [0, 0.05) is 24.4 Å². The quantitative estimate of drug-likeness (QED) is 0.831. The number of nitrogens with two attached hydrogens (primary N) is 1. The number of rotatable bonds is 6. The molecule has 0 aliphatic heterocycles. The maximum atomic E-state index is 6.30. The molecule has 1 unspecified atom stereocenters. The van der Waals surface area contributed by atoms with Crippen LogP contribution in [-0.2, 0) is 7.05 Å². The van der Waals surface area contributed by atoms with Crippen LogP contribution in [0.3, 0.4) is 0 Å². The van der Waals surface area contributed by atoms with Crippen LogP contribution < -0.4 is 10.5 Å². The van der Waals surface area contributed by atoms with E-state index in [1.54, 1.807) is 11.8 Å². The summed E-state index contributed by atoms with van der Waals surface area (Å²) in [5.41, 5.74) is 8.38. The molecule has 0 aliphatic rings. The van der Waals surface area contributed by atoms with Crippen LogP contribution >= 0.6 is 11.8 Å². The molecule has 0 aliphatic carbocycles. The maximum Gasteiger partial charge on any atom is 0.124 e. The Kier molecular flexibility index (Phi) is 5.09. The van der Waals surface area contributed by atoms with Gasteiger partial charge in [0.2, 0.25) is 0 Å². The molecule has 0 fully saturated rings. The number of ether oxygens (including phenoxy) is 1. The molecule has 1 aromatic heterocycles.